The molecule has 0 atom stereocenters. The smallest absolute Gasteiger partial charge is 0.273 e. The Kier molecular flexibility index (Phi) is 2.67. The third-order valence-corrected chi connectivity index (χ3v) is 1.97. The molecule has 0 bridgehead atoms. The summed E-state index contributed by atoms with van der Waals surface area (Å²) in [6.45, 7) is 1.53. The number of nitro benzene ring substituents is 1. The lowest BCUT2D eigenvalue weighted by molar-refractivity contribution is -0.385. The van der Waals surface area contributed by atoms with Crippen molar-refractivity contribution < 1.29 is 9.72 Å². The van der Waals surface area contributed by atoms with Gasteiger partial charge >= 0.3 is 0 Å². The monoisotopic (exact) mass is 197 g/mol. The van der Waals surface area contributed by atoms with E-state index in [0.717, 1.165) is 0 Å². The molecular weight excluding hydrogens is 190 g/mol. The van der Waals surface area contributed by atoms with Crippen molar-refractivity contribution in [3.8, 4) is 0 Å². The Labute approximate surface area is 80.1 Å². The van der Waals surface area contributed by atoms with Gasteiger partial charge in [0, 0.05) is 17.2 Å². The molecule has 0 radical (unpaired) electrons. The molecule has 4 nitrogen and oxygen atoms in total. The molecule has 0 saturated heterocycles. The number of rotatable bonds is 2. The summed E-state index contributed by atoms with van der Waals surface area (Å²) in [5.41, 5.74) is 0.574. The standard InChI is InChI=1S/C8H7NO3S/c1-5-6(8(10)13)3-2-4-7(5)9(11)12/h2-4H,1H3,(H,10,13). The fourth-order valence-electron chi connectivity index (χ4n) is 1.05. The number of hydrogen-bond donors (Lipinski definition) is 1. The fourth-order valence-corrected chi connectivity index (χ4v) is 1.30. The second kappa shape index (κ2) is 3.57. The number of nitro groups is 1. The zero-order valence-electron chi connectivity index (χ0n) is 6.85. The van der Waals surface area contributed by atoms with E-state index in [0.29, 0.717) is 5.56 Å². The van der Waals surface area contributed by atoms with Gasteiger partial charge in [0.25, 0.3) is 5.69 Å². The third-order valence-electron chi connectivity index (χ3n) is 1.73. The molecule has 68 valence electrons. The number of hydrogen-bond acceptors (Lipinski definition) is 3. The number of carbonyl (C=O) groups is 1. The van der Waals surface area contributed by atoms with Gasteiger partial charge in [0.15, 0.2) is 0 Å². The summed E-state index contributed by atoms with van der Waals surface area (Å²) in [6, 6.07) is 4.34. The minimum absolute atomic E-state index is 0.0556. The third kappa shape index (κ3) is 1.86. The Morgan fingerprint density at radius 1 is 1.54 bits per heavy atom. The van der Waals surface area contributed by atoms with Crippen LogP contribution in [0.1, 0.15) is 15.9 Å². The van der Waals surface area contributed by atoms with Crippen molar-refractivity contribution in [1.82, 2.24) is 0 Å². The first-order valence-electron chi connectivity index (χ1n) is 3.51. The van der Waals surface area contributed by atoms with Gasteiger partial charge in [-0.05, 0) is 13.0 Å². The van der Waals surface area contributed by atoms with Gasteiger partial charge < -0.3 is 0 Å². The molecule has 0 aliphatic carbocycles. The summed E-state index contributed by atoms with van der Waals surface area (Å²) >= 11 is 3.61. The highest BCUT2D eigenvalue weighted by Gasteiger charge is 2.15. The van der Waals surface area contributed by atoms with E-state index in [-0.39, 0.29) is 11.3 Å². The first-order valence-corrected chi connectivity index (χ1v) is 3.96. The van der Waals surface area contributed by atoms with E-state index in [1.165, 1.54) is 25.1 Å². The molecule has 0 aliphatic rings. The van der Waals surface area contributed by atoms with Crippen molar-refractivity contribution in [3.63, 3.8) is 0 Å². The molecule has 1 aromatic rings. The SMILES string of the molecule is Cc1c(C(=O)S)cccc1[N+](=O)[O-]. The Hall–Kier alpha value is -1.36. The van der Waals surface area contributed by atoms with E-state index in [9.17, 15) is 14.9 Å². The highest BCUT2D eigenvalue weighted by Crippen LogP contribution is 2.21. The number of thiol groups is 1. The summed E-state index contributed by atoms with van der Waals surface area (Å²) in [5.74, 6) is 0. The highest BCUT2D eigenvalue weighted by molar-refractivity contribution is 7.97. The van der Waals surface area contributed by atoms with Crippen LogP contribution in [-0.4, -0.2) is 10.0 Å². The predicted molar refractivity (Wildman–Crippen MR) is 51.1 cm³/mol. The molecule has 13 heavy (non-hydrogen) atoms. The van der Waals surface area contributed by atoms with Gasteiger partial charge in [0.1, 0.15) is 0 Å². The van der Waals surface area contributed by atoms with Crippen molar-refractivity contribution in [2.75, 3.05) is 0 Å². The molecule has 0 unspecified atom stereocenters. The molecule has 0 saturated carbocycles. The molecule has 1 rings (SSSR count). The van der Waals surface area contributed by atoms with Crippen LogP contribution in [0.5, 0.6) is 0 Å². The van der Waals surface area contributed by atoms with E-state index in [1.807, 2.05) is 0 Å². The van der Waals surface area contributed by atoms with E-state index in [2.05, 4.69) is 12.6 Å². The second-order valence-electron chi connectivity index (χ2n) is 2.51. The van der Waals surface area contributed by atoms with Crippen molar-refractivity contribution in [2.24, 2.45) is 0 Å². The molecular formula is C8H7NO3S. The van der Waals surface area contributed by atoms with E-state index in [4.69, 9.17) is 0 Å². The van der Waals surface area contributed by atoms with Gasteiger partial charge in [-0.1, -0.05) is 6.07 Å². The summed E-state index contributed by atoms with van der Waals surface area (Å²) in [5, 5.41) is 10.0. The molecule has 1 aromatic carbocycles. The molecule has 0 amide bonds. The largest absolute Gasteiger partial charge is 0.282 e. The van der Waals surface area contributed by atoms with E-state index in [1.54, 1.807) is 0 Å². The summed E-state index contributed by atoms with van der Waals surface area (Å²) in [4.78, 5) is 20.8. The maximum atomic E-state index is 10.9. The summed E-state index contributed by atoms with van der Waals surface area (Å²) in [7, 11) is 0. The molecule has 5 heteroatoms. The number of nitrogens with zero attached hydrogens (tertiary/aromatic N) is 1. The highest BCUT2D eigenvalue weighted by atomic mass is 32.1. The van der Waals surface area contributed by atoms with Gasteiger partial charge in [0.2, 0.25) is 5.12 Å². The first kappa shape index (κ1) is 9.73. The normalized spacial score (nSPS) is 9.69. The average Bonchev–Trinajstić information content (AvgIpc) is 2.03. The average molecular weight is 197 g/mol. The van der Waals surface area contributed by atoms with Crippen LogP contribution >= 0.6 is 12.6 Å². The Morgan fingerprint density at radius 3 is 2.62 bits per heavy atom. The van der Waals surface area contributed by atoms with Crippen LogP contribution in [0.25, 0.3) is 0 Å². The molecule has 0 aliphatic heterocycles. The van der Waals surface area contributed by atoms with Crippen LogP contribution in [-0.2, 0) is 0 Å². The lowest BCUT2D eigenvalue weighted by Gasteiger charge is -2.00. The van der Waals surface area contributed by atoms with Gasteiger partial charge in [-0.25, -0.2) is 0 Å². The zero-order valence-corrected chi connectivity index (χ0v) is 7.75. The van der Waals surface area contributed by atoms with Crippen molar-refractivity contribution in [3.05, 3.63) is 39.4 Å². The Balaban J connectivity index is 3.35. The van der Waals surface area contributed by atoms with Gasteiger partial charge in [-0.2, -0.15) is 0 Å². The molecule has 0 aromatic heterocycles. The van der Waals surface area contributed by atoms with E-state index >= 15 is 0 Å². The number of carbonyl (C=O) groups excluding carboxylic acids is 1. The van der Waals surface area contributed by atoms with E-state index < -0.39 is 10.0 Å². The quantitative estimate of drug-likeness (QED) is 0.448. The lowest BCUT2D eigenvalue weighted by atomic mass is 10.1. The predicted octanol–water partition coefficient (Wildman–Crippen LogP) is 1.97. The fraction of sp³-hybridized carbons (Fsp3) is 0.125. The van der Waals surface area contributed by atoms with Crippen LogP contribution in [0.15, 0.2) is 18.2 Å². The molecule has 0 N–H and O–H groups in total. The molecule has 0 spiro atoms. The molecule has 0 fully saturated rings. The Bertz CT molecular complexity index is 343. The van der Waals surface area contributed by atoms with Crippen molar-refractivity contribution >= 4 is 23.4 Å². The topological polar surface area (TPSA) is 60.2 Å². The summed E-state index contributed by atoms with van der Waals surface area (Å²) < 4.78 is 0. The van der Waals surface area contributed by atoms with Crippen LogP contribution in [0, 0.1) is 17.0 Å². The minimum Gasteiger partial charge on any atom is -0.282 e. The van der Waals surface area contributed by atoms with Crippen LogP contribution in [0.3, 0.4) is 0 Å². The number of benzene rings is 1. The van der Waals surface area contributed by atoms with Gasteiger partial charge in [-0.3, -0.25) is 14.9 Å². The maximum absolute atomic E-state index is 10.9. The maximum Gasteiger partial charge on any atom is 0.273 e. The van der Waals surface area contributed by atoms with Crippen LogP contribution in [0.4, 0.5) is 5.69 Å². The summed E-state index contributed by atoms with van der Waals surface area (Å²) in [6.07, 6.45) is 0. The van der Waals surface area contributed by atoms with Crippen molar-refractivity contribution in [1.29, 1.82) is 0 Å². The van der Waals surface area contributed by atoms with Gasteiger partial charge in [0.05, 0.1) is 4.92 Å². The minimum atomic E-state index is -0.518. The van der Waals surface area contributed by atoms with Crippen molar-refractivity contribution in [2.45, 2.75) is 6.92 Å². The lowest BCUT2D eigenvalue weighted by Crippen LogP contribution is -1.98. The van der Waals surface area contributed by atoms with Crippen LogP contribution < -0.4 is 0 Å². The first-order chi connectivity index (χ1) is 6.04. The molecule has 0 heterocycles. The van der Waals surface area contributed by atoms with Gasteiger partial charge in [-0.15, -0.1) is 12.6 Å². The van der Waals surface area contributed by atoms with Crippen LogP contribution in [0.2, 0.25) is 0 Å². The second-order valence-corrected chi connectivity index (χ2v) is 2.92. The Morgan fingerprint density at radius 2 is 2.15 bits per heavy atom. The zero-order chi connectivity index (χ0) is 10.0.